The van der Waals surface area contributed by atoms with Gasteiger partial charge in [0.1, 0.15) is 12.4 Å². The fourth-order valence-electron chi connectivity index (χ4n) is 2.93. The van der Waals surface area contributed by atoms with Gasteiger partial charge >= 0.3 is 17.5 Å². The van der Waals surface area contributed by atoms with Gasteiger partial charge in [-0.05, 0) is 12.1 Å². The minimum Gasteiger partial charge on any atom is -0.478 e. The van der Waals surface area contributed by atoms with E-state index in [0.29, 0.717) is 0 Å². The minimum absolute atomic E-state index is 0.276. The molecule has 2 aromatic carbocycles. The SMILES string of the molecule is O=C(O)[C@@](Oc1ccccc1)(c1ccccc1)[C@@](O)(OO)[C@](O)(OO)[C@@](O)(CO)OO. The smallest absolute Gasteiger partial charge is 0.359 e. The van der Waals surface area contributed by atoms with Crippen LogP contribution in [0, 0.1) is 0 Å². The molecule has 0 aliphatic heterocycles. The summed E-state index contributed by atoms with van der Waals surface area (Å²) in [5.74, 6) is -14.9. The van der Waals surface area contributed by atoms with E-state index in [9.17, 15) is 40.8 Å². The Morgan fingerprint density at radius 3 is 1.65 bits per heavy atom. The zero-order valence-electron chi connectivity index (χ0n) is 15.6. The summed E-state index contributed by atoms with van der Waals surface area (Å²) in [5, 5.41) is 79.4. The number of hydrogen-bond acceptors (Lipinski definition) is 12. The number of hydrogen-bond donors (Lipinski definition) is 8. The van der Waals surface area contributed by atoms with Crippen molar-refractivity contribution in [3.63, 3.8) is 0 Å². The van der Waals surface area contributed by atoms with Crippen LogP contribution in [0.15, 0.2) is 60.7 Å². The number of carbonyl (C=O) groups is 1. The number of benzene rings is 2. The number of aliphatic carboxylic acids is 1. The maximum atomic E-state index is 12.5. The van der Waals surface area contributed by atoms with Crippen LogP contribution in [0.3, 0.4) is 0 Å². The van der Waals surface area contributed by atoms with E-state index in [1.165, 1.54) is 48.5 Å². The van der Waals surface area contributed by atoms with Crippen molar-refractivity contribution >= 4 is 5.97 Å². The summed E-state index contributed by atoms with van der Waals surface area (Å²) in [4.78, 5) is 23.5. The molecule has 0 fully saturated rings. The third-order valence-corrected chi connectivity index (χ3v) is 4.59. The summed E-state index contributed by atoms with van der Waals surface area (Å²) in [6.07, 6.45) is 0. The standard InChI is InChI=1S/C18H20O13/c19-11-15(22,29-25)17(23,30-26)18(24,31-27)16(14(20)21,12-7-3-1-4-8-12)28-13-9-5-2-6-10-13/h1-10,19,22-27H,11H2,(H,20,21)/t15-,16+,17-,18-/m1/s1. The van der Waals surface area contributed by atoms with Gasteiger partial charge < -0.3 is 30.3 Å². The minimum atomic E-state index is -4.33. The Labute approximate surface area is 173 Å². The van der Waals surface area contributed by atoms with Crippen molar-refractivity contribution in [1.29, 1.82) is 0 Å². The van der Waals surface area contributed by atoms with Crippen molar-refractivity contribution < 1.29 is 65.5 Å². The summed E-state index contributed by atoms with van der Waals surface area (Å²) in [6, 6.07) is 12.9. The highest BCUT2D eigenvalue weighted by Crippen LogP contribution is 2.48. The van der Waals surface area contributed by atoms with Crippen LogP contribution < -0.4 is 4.74 Å². The van der Waals surface area contributed by atoms with Crippen LogP contribution in [-0.2, 0) is 25.1 Å². The second-order valence-corrected chi connectivity index (χ2v) is 6.27. The summed E-state index contributed by atoms with van der Waals surface area (Å²) in [6.45, 7) is -1.83. The molecule has 0 bridgehead atoms. The second-order valence-electron chi connectivity index (χ2n) is 6.27. The molecule has 0 radical (unpaired) electrons. The van der Waals surface area contributed by atoms with Crippen molar-refractivity contribution in [1.82, 2.24) is 0 Å². The van der Waals surface area contributed by atoms with Crippen molar-refractivity contribution in [3.05, 3.63) is 66.2 Å². The molecule has 8 N–H and O–H groups in total. The first-order valence-corrected chi connectivity index (χ1v) is 8.41. The van der Waals surface area contributed by atoms with Crippen LogP contribution in [0.4, 0.5) is 0 Å². The molecule has 0 spiro atoms. The Morgan fingerprint density at radius 1 is 0.774 bits per heavy atom. The highest BCUT2D eigenvalue weighted by molar-refractivity contribution is 5.82. The van der Waals surface area contributed by atoms with E-state index in [2.05, 4.69) is 14.7 Å². The Kier molecular flexibility index (Phi) is 7.30. The first kappa shape index (κ1) is 24.6. The molecule has 2 rings (SSSR count). The lowest BCUT2D eigenvalue weighted by atomic mass is 9.77. The van der Waals surface area contributed by atoms with Crippen molar-refractivity contribution in [2.75, 3.05) is 6.61 Å². The maximum absolute atomic E-state index is 12.5. The normalized spacial score (nSPS) is 19.3. The van der Waals surface area contributed by atoms with Crippen molar-refractivity contribution in [2.24, 2.45) is 0 Å². The summed E-state index contributed by atoms with van der Waals surface area (Å²) >= 11 is 0. The average Bonchev–Trinajstić information content (AvgIpc) is 2.81. The molecule has 0 aliphatic carbocycles. The van der Waals surface area contributed by atoms with Gasteiger partial charge in [-0.3, -0.25) is 0 Å². The molecule has 0 aliphatic rings. The van der Waals surface area contributed by atoms with Crippen LogP contribution in [0.5, 0.6) is 5.75 Å². The number of ether oxygens (including phenoxy) is 1. The van der Waals surface area contributed by atoms with E-state index in [1.54, 1.807) is 0 Å². The highest BCUT2D eigenvalue weighted by Gasteiger charge is 2.80. The zero-order chi connectivity index (χ0) is 23.3. The average molecular weight is 444 g/mol. The van der Waals surface area contributed by atoms with Gasteiger partial charge in [0.2, 0.25) is 0 Å². The summed E-state index contributed by atoms with van der Waals surface area (Å²) in [5.41, 5.74) is -3.99. The molecule has 0 saturated carbocycles. The number of carboxylic acid groups (broad SMARTS) is 1. The molecule has 0 aromatic heterocycles. The number of aliphatic hydroxyl groups excluding tert-OH is 1. The molecule has 4 atom stereocenters. The molecule has 2 aromatic rings. The number of rotatable bonds is 11. The van der Waals surface area contributed by atoms with Crippen LogP contribution in [0.1, 0.15) is 5.56 Å². The largest absolute Gasteiger partial charge is 0.478 e. The molecule has 170 valence electrons. The Morgan fingerprint density at radius 2 is 1.26 bits per heavy atom. The van der Waals surface area contributed by atoms with Crippen LogP contribution >= 0.6 is 0 Å². The second kappa shape index (κ2) is 9.21. The Balaban J connectivity index is 2.95. The maximum Gasteiger partial charge on any atom is 0.359 e. The van der Waals surface area contributed by atoms with Gasteiger partial charge in [-0.15, -0.1) is 0 Å². The highest BCUT2D eigenvalue weighted by atomic mass is 17.2. The Bertz CT molecular complexity index is 859. The quantitative estimate of drug-likeness (QED) is 0.126. The molecular weight excluding hydrogens is 424 g/mol. The predicted molar refractivity (Wildman–Crippen MR) is 95.9 cm³/mol. The molecule has 0 amide bonds. The van der Waals surface area contributed by atoms with Gasteiger partial charge in [0.15, 0.2) is 0 Å². The topological polar surface area (TPSA) is 216 Å². The van der Waals surface area contributed by atoms with E-state index in [-0.39, 0.29) is 5.75 Å². The van der Waals surface area contributed by atoms with Crippen molar-refractivity contribution in [3.8, 4) is 5.75 Å². The van der Waals surface area contributed by atoms with Crippen LogP contribution in [0.2, 0.25) is 0 Å². The molecule has 0 saturated heterocycles. The third-order valence-electron chi connectivity index (χ3n) is 4.59. The van der Waals surface area contributed by atoms with Crippen LogP contribution in [-0.4, -0.2) is 71.2 Å². The van der Waals surface area contributed by atoms with E-state index >= 15 is 0 Å². The number of para-hydroxylation sites is 1. The van der Waals surface area contributed by atoms with Gasteiger partial charge in [0.05, 0.1) is 0 Å². The Hall–Kier alpha value is -2.69. The molecule has 31 heavy (non-hydrogen) atoms. The van der Waals surface area contributed by atoms with E-state index in [4.69, 9.17) is 9.99 Å². The lowest BCUT2D eigenvalue weighted by Crippen LogP contribution is -2.80. The lowest BCUT2D eigenvalue weighted by Gasteiger charge is -2.50. The van der Waals surface area contributed by atoms with E-state index in [0.717, 1.165) is 12.1 Å². The van der Waals surface area contributed by atoms with Crippen molar-refractivity contribution in [2.45, 2.75) is 23.0 Å². The van der Waals surface area contributed by atoms with E-state index < -0.39 is 41.1 Å². The number of aliphatic hydroxyl groups is 4. The zero-order valence-corrected chi connectivity index (χ0v) is 15.6. The summed E-state index contributed by atoms with van der Waals surface area (Å²) < 4.78 is 5.42. The summed E-state index contributed by atoms with van der Waals surface area (Å²) in [7, 11) is 0. The fraction of sp³-hybridized carbons (Fsp3) is 0.278. The van der Waals surface area contributed by atoms with E-state index in [1.807, 2.05) is 0 Å². The fourth-order valence-corrected chi connectivity index (χ4v) is 2.93. The molecule has 0 heterocycles. The van der Waals surface area contributed by atoms with Gasteiger partial charge in [0, 0.05) is 5.56 Å². The molecule has 13 heteroatoms. The first-order chi connectivity index (χ1) is 14.6. The molecule has 13 nitrogen and oxygen atoms in total. The molecule has 0 unspecified atom stereocenters. The van der Waals surface area contributed by atoms with Gasteiger partial charge in [-0.2, -0.15) is 14.7 Å². The monoisotopic (exact) mass is 444 g/mol. The van der Waals surface area contributed by atoms with Gasteiger partial charge in [-0.25, -0.2) is 20.6 Å². The lowest BCUT2D eigenvalue weighted by molar-refractivity contribution is -0.611. The van der Waals surface area contributed by atoms with Gasteiger partial charge in [0.25, 0.3) is 11.4 Å². The number of carboxylic acids is 1. The third kappa shape index (κ3) is 3.64. The first-order valence-electron chi connectivity index (χ1n) is 8.41. The van der Waals surface area contributed by atoms with Crippen LogP contribution in [0.25, 0.3) is 0 Å². The predicted octanol–water partition coefficient (Wildman–Crippen LogP) is -0.428. The van der Waals surface area contributed by atoms with Gasteiger partial charge in [-0.1, -0.05) is 48.5 Å². The molecular formula is C18H20O13.